The summed E-state index contributed by atoms with van der Waals surface area (Å²) < 4.78 is 7.25. The van der Waals surface area contributed by atoms with E-state index in [-0.39, 0.29) is 17.9 Å². The summed E-state index contributed by atoms with van der Waals surface area (Å²) >= 11 is 0. The molecule has 0 aliphatic carbocycles. The number of piperidine rings is 1. The summed E-state index contributed by atoms with van der Waals surface area (Å²) in [6.45, 7) is 5.21. The third-order valence-electron chi connectivity index (χ3n) is 5.46. The van der Waals surface area contributed by atoms with Crippen LogP contribution in [0, 0.1) is 6.92 Å². The van der Waals surface area contributed by atoms with Gasteiger partial charge >= 0.3 is 0 Å². The molecule has 1 aromatic rings. The lowest BCUT2D eigenvalue weighted by molar-refractivity contribution is -0.147. The molecule has 3 heterocycles. The third-order valence-corrected chi connectivity index (χ3v) is 5.46. The molecule has 0 spiro atoms. The number of methoxy groups -OCH3 is 1. The van der Waals surface area contributed by atoms with E-state index in [9.17, 15) is 9.59 Å². The summed E-state index contributed by atoms with van der Waals surface area (Å²) in [6, 6.07) is -0.435. The normalized spacial score (nSPS) is 22.4. The van der Waals surface area contributed by atoms with E-state index in [1.807, 2.05) is 25.8 Å². The largest absolute Gasteiger partial charge is 0.481 e. The summed E-state index contributed by atoms with van der Waals surface area (Å²) in [5.41, 5.74) is 1.89. The van der Waals surface area contributed by atoms with Crippen molar-refractivity contribution in [3.05, 3.63) is 11.3 Å². The number of carbonyl (C=O) groups excluding carboxylic acids is 2. The van der Waals surface area contributed by atoms with Gasteiger partial charge in [-0.15, -0.1) is 0 Å². The van der Waals surface area contributed by atoms with Crippen LogP contribution in [0.2, 0.25) is 0 Å². The molecule has 0 saturated carbocycles. The van der Waals surface area contributed by atoms with E-state index in [2.05, 4.69) is 5.10 Å². The molecule has 0 unspecified atom stereocenters. The minimum atomic E-state index is -0.406. The maximum Gasteiger partial charge on any atom is 0.245 e. The fourth-order valence-corrected chi connectivity index (χ4v) is 4.22. The van der Waals surface area contributed by atoms with Gasteiger partial charge in [0.05, 0.1) is 24.4 Å². The van der Waals surface area contributed by atoms with E-state index >= 15 is 0 Å². The number of hydrogen-bond donors (Lipinski definition) is 0. The molecular weight excluding hydrogens is 320 g/mol. The van der Waals surface area contributed by atoms with Crippen molar-refractivity contribution in [2.75, 3.05) is 20.2 Å². The summed E-state index contributed by atoms with van der Waals surface area (Å²) in [5.74, 6) is 0.838. The van der Waals surface area contributed by atoms with Gasteiger partial charge in [0, 0.05) is 26.6 Å². The van der Waals surface area contributed by atoms with Gasteiger partial charge < -0.3 is 14.5 Å². The van der Waals surface area contributed by atoms with Crippen LogP contribution in [-0.4, -0.2) is 57.6 Å². The molecule has 0 bridgehead atoms. The highest BCUT2D eigenvalue weighted by atomic mass is 16.5. The second-order valence-corrected chi connectivity index (χ2v) is 7.04. The molecule has 0 radical (unpaired) electrons. The molecule has 2 atom stereocenters. The van der Waals surface area contributed by atoms with E-state index in [1.165, 1.54) is 0 Å². The summed E-state index contributed by atoms with van der Waals surface area (Å²) in [4.78, 5) is 29.0. The number of nitrogens with zero attached hydrogens (tertiary/aromatic N) is 4. The van der Waals surface area contributed by atoms with Gasteiger partial charge in [0.1, 0.15) is 6.04 Å². The Balaban J connectivity index is 1.84. The van der Waals surface area contributed by atoms with Crippen LogP contribution in [0.4, 0.5) is 0 Å². The first kappa shape index (κ1) is 17.8. The van der Waals surface area contributed by atoms with E-state index in [0.717, 1.165) is 36.9 Å². The monoisotopic (exact) mass is 348 g/mol. The van der Waals surface area contributed by atoms with E-state index < -0.39 is 6.04 Å². The van der Waals surface area contributed by atoms with E-state index in [1.54, 1.807) is 16.7 Å². The zero-order valence-corrected chi connectivity index (χ0v) is 15.6. The van der Waals surface area contributed by atoms with Crippen LogP contribution >= 0.6 is 0 Å². The predicted octanol–water partition coefficient (Wildman–Crippen LogP) is 1.80. The number of carbonyl (C=O) groups is 2. The van der Waals surface area contributed by atoms with Gasteiger partial charge in [-0.25, -0.2) is 4.68 Å². The molecule has 2 amide bonds. The van der Waals surface area contributed by atoms with Crippen LogP contribution in [-0.2, 0) is 16.6 Å². The SMILES string of the molecule is COc1c([C@@H]2CCCN2C(=O)[C@@H](C)N2CCCCC2=O)c(C)nn1C. The molecule has 3 rings (SSSR count). The number of amides is 2. The molecular formula is C18H28N4O3. The molecule has 25 heavy (non-hydrogen) atoms. The zero-order valence-electron chi connectivity index (χ0n) is 15.6. The third kappa shape index (κ3) is 3.12. The lowest BCUT2D eigenvalue weighted by atomic mass is 10.0. The molecule has 7 nitrogen and oxygen atoms in total. The van der Waals surface area contributed by atoms with Gasteiger partial charge in [0.2, 0.25) is 17.7 Å². The first-order valence-electron chi connectivity index (χ1n) is 9.13. The van der Waals surface area contributed by atoms with Crippen molar-refractivity contribution in [1.82, 2.24) is 19.6 Å². The highest BCUT2D eigenvalue weighted by molar-refractivity contribution is 5.88. The van der Waals surface area contributed by atoms with Crippen molar-refractivity contribution in [3.63, 3.8) is 0 Å². The van der Waals surface area contributed by atoms with Gasteiger partial charge in [-0.1, -0.05) is 0 Å². The number of hydrogen-bond acceptors (Lipinski definition) is 4. The van der Waals surface area contributed by atoms with Gasteiger partial charge in [-0.05, 0) is 39.5 Å². The van der Waals surface area contributed by atoms with Crippen LogP contribution in [0.3, 0.4) is 0 Å². The molecule has 2 aliphatic rings. The smallest absolute Gasteiger partial charge is 0.245 e. The van der Waals surface area contributed by atoms with Gasteiger partial charge in [-0.2, -0.15) is 5.10 Å². The van der Waals surface area contributed by atoms with Crippen molar-refractivity contribution < 1.29 is 14.3 Å². The number of rotatable bonds is 4. The Kier molecular flexibility index (Phi) is 5.01. The highest BCUT2D eigenvalue weighted by Gasteiger charge is 2.39. The van der Waals surface area contributed by atoms with Gasteiger partial charge in [0.25, 0.3) is 0 Å². The first-order chi connectivity index (χ1) is 12.0. The Morgan fingerprint density at radius 2 is 2.04 bits per heavy atom. The molecule has 2 aliphatic heterocycles. The average molecular weight is 348 g/mol. The molecule has 2 fully saturated rings. The topological polar surface area (TPSA) is 67.7 Å². The Bertz CT molecular complexity index is 670. The maximum atomic E-state index is 13.2. The van der Waals surface area contributed by atoms with E-state index in [4.69, 9.17) is 4.74 Å². The fraction of sp³-hybridized carbons (Fsp3) is 0.722. The Morgan fingerprint density at radius 1 is 1.28 bits per heavy atom. The van der Waals surface area contributed by atoms with Gasteiger partial charge in [-0.3, -0.25) is 9.59 Å². The second-order valence-electron chi connectivity index (χ2n) is 7.04. The first-order valence-corrected chi connectivity index (χ1v) is 9.13. The minimum absolute atomic E-state index is 0.0292. The minimum Gasteiger partial charge on any atom is -0.481 e. The number of aryl methyl sites for hydroxylation is 2. The standard InChI is InChI=1S/C18H28N4O3/c1-12-16(18(25-4)20(3)19-12)14-8-7-11-22(14)17(24)13(2)21-10-6-5-9-15(21)23/h13-14H,5-11H2,1-4H3/t13-,14+/m1/s1. The highest BCUT2D eigenvalue weighted by Crippen LogP contribution is 2.39. The van der Waals surface area contributed by atoms with Crippen molar-refractivity contribution in [2.24, 2.45) is 7.05 Å². The maximum absolute atomic E-state index is 13.2. The molecule has 0 aromatic carbocycles. The van der Waals surface area contributed by atoms with E-state index in [0.29, 0.717) is 25.4 Å². The zero-order chi connectivity index (χ0) is 18.1. The molecule has 0 N–H and O–H groups in total. The summed E-state index contributed by atoms with van der Waals surface area (Å²) in [5, 5.41) is 4.46. The van der Waals surface area contributed by atoms with Crippen LogP contribution in [0.1, 0.15) is 56.3 Å². The molecule has 1 aromatic heterocycles. The summed E-state index contributed by atoms with van der Waals surface area (Å²) in [6.07, 6.45) is 4.30. The molecule has 7 heteroatoms. The molecule has 138 valence electrons. The average Bonchev–Trinajstić information content (AvgIpc) is 3.17. The Morgan fingerprint density at radius 3 is 2.72 bits per heavy atom. The van der Waals surface area contributed by atoms with Crippen LogP contribution in [0.5, 0.6) is 5.88 Å². The Hall–Kier alpha value is -2.05. The fourth-order valence-electron chi connectivity index (χ4n) is 4.22. The lowest BCUT2D eigenvalue weighted by Gasteiger charge is -2.35. The quantitative estimate of drug-likeness (QED) is 0.832. The van der Waals surface area contributed by atoms with Crippen molar-refractivity contribution >= 4 is 11.8 Å². The Labute approximate surface area is 148 Å². The van der Waals surface area contributed by atoms with Crippen LogP contribution in [0.25, 0.3) is 0 Å². The van der Waals surface area contributed by atoms with Crippen molar-refractivity contribution in [3.8, 4) is 5.88 Å². The lowest BCUT2D eigenvalue weighted by Crippen LogP contribution is -2.50. The number of ether oxygens (including phenoxy) is 1. The van der Waals surface area contributed by atoms with Crippen LogP contribution in [0.15, 0.2) is 0 Å². The van der Waals surface area contributed by atoms with Crippen molar-refractivity contribution in [1.29, 1.82) is 0 Å². The predicted molar refractivity (Wildman–Crippen MR) is 93.2 cm³/mol. The number of likely N-dealkylation sites (tertiary alicyclic amines) is 2. The van der Waals surface area contributed by atoms with Crippen molar-refractivity contribution in [2.45, 2.75) is 58.0 Å². The van der Waals surface area contributed by atoms with Crippen LogP contribution < -0.4 is 4.74 Å². The second kappa shape index (κ2) is 7.06. The number of aromatic nitrogens is 2. The van der Waals surface area contributed by atoms with Gasteiger partial charge in [0.15, 0.2) is 0 Å². The summed E-state index contributed by atoms with van der Waals surface area (Å²) in [7, 11) is 3.49. The molecule has 2 saturated heterocycles.